The largest absolute Gasteiger partial charge is 0.398 e. The number of aliphatic hydroxyl groups is 1. The van der Waals surface area contributed by atoms with Crippen LogP contribution in [0.25, 0.3) is 0 Å². The summed E-state index contributed by atoms with van der Waals surface area (Å²) in [5.41, 5.74) is 0.438. The summed E-state index contributed by atoms with van der Waals surface area (Å²) < 4.78 is 0. The summed E-state index contributed by atoms with van der Waals surface area (Å²) >= 11 is 0. The molecule has 0 fully saturated rings. The molecule has 1 rings (SSSR count). The first kappa shape index (κ1) is 5.18. The molecule has 8 heavy (non-hydrogen) atoms. The maximum Gasteiger partial charge on any atom is 0.161 e. The quantitative estimate of drug-likeness (QED) is 0.386. The monoisotopic (exact) mass is 111 g/mol. The molecule has 1 aliphatic rings. The van der Waals surface area contributed by atoms with Crippen molar-refractivity contribution in [3.63, 3.8) is 0 Å². The van der Waals surface area contributed by atoms with Crippen LogP contribution in [0, 0.1) is 0 Å². The zero-order chi connectivity index (χ0) is 5.98. The standard InChI is InChI=1S/C5H5NO2/c7-3-5(8)4-1-6-2-4/h1,6-7H,3H2. The fraction of sp³-hybridized carbons (Fsp3) is 0.200. The number of ketones is 1. The lowest BCUT2D eigenvalue weighted by Crippen LogP contribution is -2.69. The number of carbonyl (C=O) groups is 1. The van der Waals surface area contributed by atoms with Crippen LogP contribution in [0.2, 0.25) is 0 Å². The number of hydrogen-bond donors (Lipinski definition) is 2. The number of hydrogen-bond acceptors (Lipinski definition) is 2. The highest BCUT2D eigenvalue weighted by Crippen LogP contribution is 1.88. The van der Waals surface area contributed by atoms with Gasteiger partial charge in [0.1, 0.15) is 5.78 Å². The first-order chi connectivity index (χ1) is 3.84. The number of Topliss-reactive ketones (excluding diaryl/α,β-unsaturated/α-hetero) is 1. The van der Waals surface area contributed by atoms with Crippen LogP contribution < -0.4 is 4.99 Å². The molecule has 3 heteroatoms. The van der Waals surface area contributed by atoms with Crippen LogP contribution in [0.15, 0.2) is 11.8 Å². The van der Waals surface area contributed by atoms with Crippen LogP contribution in [0.5, 0.6) is 0 Å². The minimum Gasteiger partial charge on any atom is -0.398 e. The van der Waals surface area contributed by atoms with Gasteiger partial charge in [0, 0.05) is 5.57 Å². The van der Waals surface area contributed by atoms with Crippen LogP contribution in [0.4, 0.5) is 0 Å². The summed E-state index contributed by atoms with van der Waals surface area (Å²) in [5.74, 6) is -0.288. The summed E-state index contributed by atoms with van der Waals surface area (Å²) in [4.78, 5) is 12.9. The highest BCUT2D eigenvalue weighted by atomic mass is 16.3. The van der Waals surface area contributed by atoms with Crippen molar-refractivity contribution in [3.05, 3.63) is 11.8 Å². The Bertz CT molecular complexity index is 169. The Morgan fingerprint density at radius 2 is 2.62 bits per heavy atom. The second-order valence-corrected chi connectivity index (χ2v) is 1.41. The number of carbonyl (C=O) groups excluding carboxylic acids is 1. The molecule has 0 amide bonds. The number of nitrogens with one attached hydrogen (secondary N) is 1. The average molecular weight is 111 g/mol. The molecule has 0 bridgehead atoms. The lowest BCUT2D eigenvalue weighted by molar-refractivity contribution is -0.379. The number of rotatable bonds is 2. The zero-order valence-electron chi connectivity index (χ0n) is 4.14. The van der Waals surface area contributed by atoms with Gasteiger partial charge in [0.05, 0.1) is 12.8 Å². The summed E-state index contributed by atoms with van der Waals surface area (Å²) in [7, 11) is 0. The van der Waals surface area contributed by atoms with Crippen LogP contribution in [0.1, 0.15) is 0 Å². The Kier molecular flexibility index (Phi) is 1.22. The van der Waals surface area contributed by atoms with Crippen molar-refractivity contribution in [2.45, 2.75) is 0 Å². The molecule has 0 aromatic carbocycles. The highest BCUT2D eigenvalue weighted by molar-refractivity contribution is 6.13. The molecule has 0 spiro atoms. The van der Waals surface area contributed by atoms with Gasteiger partial charge in [-0.05, 0) is 0 Å². The normalized spacial score (nSPS) is 14.9. The first-order valence-corrected chi connectivity index (χ1v) is 2.20. The van der Waals surface area contributed by atoms with Gasteiger partial charge in [0.15, 0.2) is 6.21 Å². The van der Waals surface area contributed by atoms with E-state index < -0.39 is 6.61 Å². The van der Waals surface area contributed by atoms with E-state index in [1.807, 2.05) is 0 Å². The van der Waals surface area contributed by atoms with Crippen molar-refractivity contribution >= 4 is 12.0 Å². The van der Waals surface area contributed by atoms with Gasteiger partial charge in [0.2, 0.25) is 0 Å². The Morgan fingerprint density at radius 3 is 2.75 bits per heavy atom. The average Bonchev–Trinajstić information content (AvgIpc) is 1.62. The molecule has 0 aliphatic carbocycles. The Hall–Kier alpha value is -0.960. The molecule has 1 aliphatic heterocycles. The SMILES string of the molecule is O=C(CO)C1=C[NH+]=[C-]1. The van der Waals surface area contributed by atoms with E-state index in [0.717, 1.165) is 0 Å². The van der Waals surface area contributed by atoms with Gasteiger partial charge in [-0.3, -0.25) is 4.99 Å². The third kappa shape index (κ3) is 0.675. The fourth-order valence-corrected chi connectivity index (χ4v) is 0.380. The lowest BCUT2D eigenvalue weighted by atomic mass is 10.2. The molecule has 3 nitrogen and oxygen atoms in total. The van der Waals surface area contributed by atoms with Crippen molar-refractivity contribution in [3.8, 4) is 0 Å². The van der Waals surface area contributed by atoms with Gasteiger partial charge in [-0.2, -0.15) is 0 Å². The van der Waals surface area contributed by atoms with E-state index in [-0.39, 0.29) is 5.78 Å². The molecular formula is C5H5NO2. The van der Waals surface area contributed by atoms with Crippen LogP contribution in [-0.4, -0.2) is 23.7 Å². The molecule has 1 heterocycles. The van der Waals surface area contributed by atoms with E-state index in [9.17, 15) is 4.79 Å². The van der Waals surface area contributed by atoms with Crippen molar-refractivity contribution < 1.29 is 14.9 Å². The Morgan fingerprint density at radius 1 is 2.00 bits per heavy atom. The molecule has 42 valence electrons. The van der Waals surface area contributed by atoms with E-state index in [1.165, 1.54) is 6.20 Å². The summed E-state index contributed by atoms with van der Waals surface area (Å²) in [6.07, 6.45) is 4.00. The zero-order valence-corrected chi connectivity index (χ0v) is 4.14. The molecule has 0 aromatic rings. The van der Waals surface area contributed by atoms with E-state index in [0.29, 0.717) is 5.57 Å². The van der Waals surface area contributed by atoms with Gasteiger partial charge in [-0.15, -0.1) is 0 Å². The predicted molar refractivity (Wildman–Crippen MR) is 26.1 cm³/mol. The maximum absolute atomic E-state index is 10.4. The highest BCUT2D eigenvalue weighted by Gasteiger charge is 2.06. The molecule has 0 atom stereocenters. The topological polar surface area (TPSA) is 51.3 Å². The van der Waals surface area contributed by atoms with E-state index in [4.69, 9.17) is 5.11 Å². The molecule has 0 aromatic heterocycles. The van der Waals surface area contributed by atoms with Crippen molar-refractivity contribution in [1.82, 2.24) is 0 Å². The van der Waals surface area contributed by atoms with Crippen molar-refractivity contribution in [2.75, 3.05) is 6.61 Å². The molecule has 0 saturated carbocycles. The molecule has 0 radical (unpaired) electrons. The van der Waals surface area contributed by atoms with E-state index in [2.05, 4.69) is 11.2 Å². The smallest absolute Gasteiger partial charge is 0.161 e. The van der Waals surface area contributed by atoms with Crippen LogP contribution >= 0.6 is 0 Å². The van der Waals surface area contributed by atoms with Gasteiger partial charge < -0.3 is 9.90 Å². The minimum atomic E-state index is -0.430. The Labute approximate surface area is 46.4 Å². The second-order valence-electron chi connectivity index (χ2n) is 1.41. The van der Waals surface area contributed by atoms with Crippen LogP contribution in [0.3, 0.4) is 0 Å². The summed E-state index contributed by atoms with van der Waals surface area (Å²) in [5, 5.41) is 8.21. The van der Waals surface area contributed by atoms with Crippen LogP contribution in [-0.2, 0) is 4.79 Å². The van der Waals surface area contributed by atoms with Crippen molar-refractivity contribution in [2.24, 2.45) is 0 Å². The molecular weight excluding hydrogens is 106 g/mol. The first-order valence-electron chi connectivity index (χ1n) is 2.20. The summed E-state index contributed by atoms with van der Waals surface area (Å²) in [6, 6.07) is 0. The van der Waals surface area contributed by atoms with E-state index in [1.54, 1.807) is 0 Å². The Balaban J connectivity index is 2.48. The third-order valence-corrected chi connectivity index (χ3v) is 0.867. The van der Waals surface area contributed by atoms with E-state index >= 15 is 0 Å². The maximum atomic E-state index is 10.4. The fourth-order valence-electron chi connectivity index (χ4n) is 0.380. The molecule has 0 saturated heterocycles. The summed E-state index contributed by atoms with van der Waals surface area (Å²) in [6.45, 7) is -0.430. The molecule has 2 N–H and O–H groups in total. The van der Waals surface area contributed by atoms with Gasteiger partial charge in [-0.1, -0.05) is 0 Å². The van der Waals surface area contributed by atoms with Gasteiger partial charge >= 0.3 is 0 Å². The number of aliphatic hydroxyl groups excluding tert-OH is 1. The lowest BCUT2D eigenvalue weighted by Gasteiger charge is -2.00. The second kappa shape index (κ2) is 1.88. The van der Waals surface area contributed by atoms with Gasteiger partial charge in [-0.25, -0.2) is 0 Å². The molecule has 0 unspecified atom stereocenters. The predicted octanol–water partition coefficient (Wildman–Crippen LogP) is -2.53. The van der Waals surface area contributed by atoms with Gasteiger partial charge in [0.25, 0.3) is 0 Å². The minimum absolute atomic E-state index is 0.288. The third-order valence-electron chi connectivity index (χ3n) is 0.867. The van der Waals surface area contributed by atoms with Crippen molar-refractivity contribution in [1.29, 1.82) is 0 Å².